The van der Waals surface area contributed by atoms with Gasteiger partial charge in [0, 0.05) is 6.42 Å². The number of carbonyl (C=O) groups excluding carboxylic acids is 3. The lowest BCUT2D eigenvalue weighted by atomic mass is 9.78. The largest absolute Gasteiger partial charge is 0.460 e. The van der Waals surface area contributed by atoms with Gasteiger partial charge in [0.1, 0.15) is 5.78 Å². The summed E-state index contributed by atoms with van der Waals surface area (Å²) in [4.78, 5) is 34.1. The number of ketones is 2. The van der Waals surface area contributed by atoms with Crippen LogP contribution in [0.2, 0.25) is 0 Å². The Morgan fingerprint density at radius 2 is 2.00 bits per heavy atom. The van der Waals surface area contributed by atoms with Crippen LogP contribution in [0.3, 0.4) is 0 Å². The Balaban J connectivity index is 2.77. The summed E-state index contributed by atoms with van der Waals surface area (Å²) in [5.74, 6) is -6.24. The fourth-order valence-electron chi connectivity index (χ4n) is 1.92. The highest BCUT2D eigenvalue weighted by molar-refractivity contribution is 6.38. The molecule has 1 aliphatic carbocycles. The van der Waals surface area contributed by atoms with Crippen LogP contribution >= 0.6 is 0 Å². The van der Waals surface area contributed by atoms with E-state index < -0.39 is 42.0 Å². The summed E-state index contributed by atoms with van der Waals surface area (Å²) in [5, 5.41) is 0. The monoisotopic (exact) mass is 266 g/mol. The minimum Gasteiger partial charge on any atom is -0.460 e. The van der Waals surface area contributed by atoms with Crippen molar-refractivity contribution in [3.63, 3.8) is 0 Å². The molecule has 0 aliphatic heterocycles. The van der Waals surface area contributed by atoms with Crippen molar-refractivity contribution in [2.75, 3.05) is 6.61 Å². The highest BCUT2D eigenvalue weighted by atomic mass is 19.4. The number of alkyl halides is 3. The lowest BCUT2D eigenvalue weighted by molar-refractivity contribution is -0.187. The number of carbonyl (C=O) groups is 3. The van der Waals surface area contributed by atoms with E-state index in [1.807, 2.05) is 0 Å². The summed E-state index contributed by atoms with van der Waals surface area (Å²) in [6, 6.07) is 0. The van der Waals surface area contributed by atoms with E-state index in [9.17, 15) is 27.6 Å². The first-order valence-corrected chi connectivity index (χ1v) is 5.57. The molecule has 0 radical (unpaired) electrons. The third-order valence-electron chi connectivity index (χ3n) is 2.90. The minimum atomic E-state index is -4.45. The van der Waals surface area contributed by atoms with E-state index in [1.54, 1.807) is 0 Å². The van der Waals surface area contributed by atoms with Crippen molar-refractivity contribution in [2.45, 2.75) is 32.4 Å². The van der Waals surface area contributed by atoms with Gasteiger partial charge in [-0.05, 0) is 19.8 Å². The molecule has 1 fully saturated rings. The lowest BCUT2D eigenvalue weighted by Crippen LogP contribution is -2.40. The van der Waals surface area contributed by atoms with E-state index in [4.69, 9.17) is 0 Å². The van der Waals surface area contributed by atoms with Gasteiger partial charge in [-0.15, -0.1) is 0 Å². The van der Waals surface area contributed by atoms with Crippen LogP contribution in [-0.2, 0) is 19.1 Å². The predicted octanol–water partition coefficient (Wildman–Crippen LogP) is 1.67. The van der Waals surface area contributed by atoms with E-state index in [0.717, 1.165) is 0 Å². The molecule has 0 aromatic heterocycles. The Morgan fingerprint density at radius 1 is 1.39 bits per heavy atom. The maximum Gasteiger partial charge on any atom is 0.391 e. The van der Waals surface area contributed by atoms with Gasteiger partial charge >= 0.3 is 12.1 Å². The Hall–Kier alpha value is -1.40. The van der Waals surface area contributed by atoms with Gasteiger partial charge < -0.3 is 4.74 Å². The van der Waals surface area contributed by atoms with Gasteiger partial charge in [-0.2, -0.15) is 13.2 Å². The van der Waals surface area contributed by atoms with E-state index in [2.05, 4.69) is 4.74 Å². The van der Waals surface area contributed by atoms with Crippen LogP contribution in [0.5, 0.6) is 0 Å². The summed E-state index contributed by atoms with van der Waals surface area (Å²) < 4.78 is 42.0. The molecule has 0 saturated heterocycles. The van der Waals surface area contributed by atoms with Crippen LogP contribution in [-0.4, -0.2) is 30.3 Å². The zero-order valence-corrected chi connectivity index (χ0v) is 9.75. The van der Waals surface area contributed by atoms with Gasteiger partial charge in [-0.1, -0.05) is 0 Å². The summed E-state index contributed by atoms with van der Waals surface area (Å²) in [6.07, 6.45) is -5.76. The van der Waals surface area contributed by atoms with Crippen LogP contribution in [0, 0.1) is 11.8 Å². The summed E-state index contributed by atoms with van der Waals surface area (Å²) in [6.45, 7) is 1.40. The Kier molecular flexibility index (Phi) is 4.48. The van der Waals surface area contributed by atoms with Crippen LogP contribution in [0.4, 0.5) is 13.2 Å². The van der Waals surface area contributed by atoms with Crippen LogP contribution in [0.15, 0.2) is 0 Å². The second kappa shape index (κ2) is 5.49. The zero-order chi connectivity index (χ0) is 13.9. The highest BCUT2D eigenvalue weighted by Crippen LogP contribution is 2.38. The van der Waals surface area contributed by atoms with Crippen molar-refractivity contribution in [1.82, 2.24) is 0 Å². The topological polar surface area (TPSA) is 60.4 Å². The van der Waals surface area contributed by atoms with Gasteiger partial charge in [0.05, 0.1) is 18.4 Å². The second-order valence-electron chi connectivity index (χ2n) is 4.12. The molecule has 0 N–H and O–H groups in total. The fourth-order valence-corrected chi connectivity index (χ4v) is 1.92. The molecule has 102 valence electrons. The summed E-state index contributed by atoms with van der Waals surface area (Å²) in [5.41, 5.74) is 0. The molecule has 0 spiro atoms. The normalized spacial score (nSPS) is 24.8. The van der Waals surface area contributed by atoms with Crippen molar-refractivity contribution in [3.05, 3.63) is 0 Å². The number of hydrogen-bond acceptors (Lipinski definition) is 4. The smallest absolute Gasteiger partial charge is 0.391 e. The first-order chi connectivity index (χ1) is 8.27. The molecule has 2 atom stereocenters. The van der Waals surface area contributed by atoms with Crippen molar-refractivity contribution in [1.29, 1.82) is 0 Å². The first kappa shape index (κ1) is 14.7. The third-order valence-corrected chi connectivity index (χ3v) is 2.90. The number of Topliss-reactive ketones (excluding diaryl/α,β-unsaturated/α-hetero) is 2. The molecule has 1 rings (SSSR count). The Labute approximate surface area is 101 Å². The van der Waals surface area contributed by atoms with Gasteiger partial charge in [-0.25, -0.2) is 4.79 Å². The van der Waals surface area contributed by atoms with E-state index >= 15 is 0 Å². The maximum absolute atomic E-state index is 12.5. The average Bonchev–Trinajstić information content (AvgIpc) is 2.27. The van der Waals surface area contributed by atoms with E-state index in [1.165, 1.54) is 6.92 Å². The molecule has 1 aliphatic rings. The standard InChI is InChI=1S/C11H13F3O4/c1-2-18-10(17)9(16)7-5-6(11(12,13)14)3-4-8(7)15/h6-7H,2-5H2,1H3. The molecule has 18 heavy (non-hydrogen) atoms. The van der Waals surface area contributed by atoms with Crippen LogP contribution < -0.4 is 0 Å². The number of hydrogen-bond donors (Lipinski definition) is 0. The van der Waals surface area contributed by atoms with Crippen molar-refractivity contribution in [3.8, 4) is 0 Å². The van der Waals surface area contributed by atoms with E-state index in [0.29, 0.717) is 0 Å². The summed E-state index contributed by atoms with van der Waals surface area (Å²) >= 11 is 0. The minimum absolute atomic E-state index is 0.0613. The molecular formula is C11H13F3O4. The van der Waals surface area contributed by atoms with Crippen molar-refractivity contribution >= 4 is 17.5 Å². The fraction of sp³-hybridized carbons (Fsp3) is 0.727. The Morgan fingerprint density at radius 3 is 2.50 bits per heavy atom. The molecular weight excluding hydrogens is 253 g/mol. The number of esters is 1. The van der Waals surface area contributed by atoms with Crippen LogP contribution in [0.25, 0.3) is 0 Å². The molecule has 7 heteroatoms. The first-order valence-electron chi connectivity index (χ1n) is 5.57. The average molecular weight is 266 g/mol. The number of rotatable bonds is 3. The lowest BCUT2D eigenvalue weighted by Gasteiger charge is -2.28. The molecule has 2 unspecified atom stereocenters. The van der Waals surface area contributed by atoms with Gasteiger partial charge in [0.25, 0.3) is 0 Å². The maximum atomic E-state index is 12.5. The predicted molar refractivity (Wildman–Crippen MR) is 53.5 cm³/mol. The molecule has 0 bridgehead atoms. The quantitative estimate of drug-likeness (QED) is 0.443. The van der Waals surface area contributed by atoms with Gasteiger partial charge in [0.15, 0.2) is 0 Å². The SMILES string of the molecule is CCOC(=O)C(=O)C1CC(C(F)(F)F)CCC1=O. The molecule has 1 saturated carbocycles. The van der Waals surface area contributed by atoms with Crippen molar-refractivity contribution < 1.29 is 32.3 Å². The van der Waals surface area contributed by atoms with E-state index in [-0.39, 0.29) is 19.4 Å². The second-order valence-corrected chi connectivity index (χ2v) is 4.12. The number of ether oxygens (including phenoxy) is 1. The zero-order valence-electron chi connectivity index (χ0n) is 9.75. The van der Waals surface area contributed by atoms with Crippen LogP contribution in [0.1, 0.15) is 26.2 Å². The molecule has 0 aromatic rings. The number of halogens is 3. The highest BCUT2D eigenvalue weighted by Gasteiger charge is 2.47. The third kappa shape index (κ3) is 3.30. The van der Waals surface area contributed by atoms with Gasteiger partial charge in [-0.3, -0.25) is 9.59 Å². The van der Waals surface area contributed by atoms with Crippen molar-refractivity contribution in [2.24, 2.45) is 11.8 Å². The molecule has 4 nitrogen and oxygen atoms in total. The molecule has 0 amide bonds. The van der Waals surface area contributed by atoms with Gasteiger partial charge in [0.2, 0.25) is 5.78 Å². The molecule has 0 aromatic carbocycles. The summed E-state index contributed by atoms with van der Waals surface area (Å²) in [7, 11) is 0. The molecule has 0 heterocycles. The Bertz CT molecular complexity index is 362.